The Morgan fingerprint density at radius 3 is 2.32 bits per heavy atom. The van der Waals surface area contributed by atoms with Crippen molar-refractivity contribution in [2.24, 2.45) is 0 Å². The molecule has 0 atom stereocenters. The van der Waals surface area contributed by atoms with Gasteiger partial charge in [-0.1, -0.05) is 26.0 Å². The van der Waals surface area contributed by atoms with E-state index in [9.17, 15) is 14.9 Å². The predicted molar refractivity (Wildman–Crippen MR) is 97.0 cm³/mol. The second kappa shape index (κ2) is 8.82. The maximum Gasteiger partial charge on any atom is 0.269 e. The van der Waals surface area contributed by atoms with Crippen molar-refractivity contribution in [3.8, 4) is 5.75 Å². The third kappa shape index (κ3) is 5.91. The minimum absolute atomic E-state index is 0.00474. The fraction of sp³-hybridized carbons (Fsp3) is 0.316. The highest BCUT2D eigenvalue weighted by Crippen LogP contribution is 2.19. The Bertz CT molecular complexity index is 709. The highest BCUT2D eigenvalue weighted by Gasteiger charge is 2.07. The number of carbonyl (C=O) groups is 1. The van der Waals surface area contributed by atoms with Gasteiger partial charge in [-0.3, -0.25) is 14.9 Å². The van der Waals surface area contributed by atoms with E-state index in [1.54, 1.807) is 0 Å². The van der Waals surface area contributed by atoms with Gasteiger partial charge in [0.15, 0.2) is 0 Å². The van der Waals surface area contributed by atoms with Crippen LogP contribution in [0, 0.1) is 10.1 Å². The molecular weight excluding hydrogens is 320 g/mol. The van der Waals surface area contributed by atoms with Crippen LogP contribution < -0.4 is 10.1 Å². The number of benzene rings is 2. The van der Waals surface area contributed by atoms with Crippen molar-refractivity contribution in [2.75, 3.05) is 11.9 Å². The first-order valence-corrected chi connectivity index (χ1v) is 8.23. The standard InChI is InChI=1S/C19H22N2O4/c1-14(2)15-5-11-18(12-6-15)25-13-3-4-19(22)20-16-7-9-17(10-8-16)21(23)24/h5-12,14H,3-4,13H2,1-2H3,(H,20,22). The fourth-order valence-corrected chi connectivity index (χ4v) is 2.26. The lowest BCUT2D eigenvalue weighted by atomic mass is 10.0. The molecule has 0 fully saturated rings. The topological polar surface area (TPSA) is 81.5 Å². The molecule has 0 aliphatic heterocycles. The third-order valence-corrected chi connectivity index (χ3v) is 3.73. The van der Waals surface area contributed by atoms with E-state index in [1.165, 1.54) is 29.8 Å². The van der Waals surface area contributed by atoms with Crippen molar-refractivity contribution in [2.45, 2.75) is 32.6 Å². The van der Waals surface area contributed by atoms with Crippen LogP contribution in [0.25, 0.3) is 0 Å². The number of nitrogens with zero attached hydrogens (tertiary/aromatic N) is 1. The molecule has 0 aliphatic rings. The molecule has 6 nitrogen and oxygen atoms in total. The SMILES string of the molecule is CC(C)c1ccc(OCCCC(=O)Nc2ccc([N+](=O)[O-])cc2)cc1. The zero-order chi connectivity index (χ0) is 18.2. The minimum Gasteiger partial charge on any atom is -0.494 e. The second-order valence-electron chi connectivity index (χ2n) is 6.03. The molecule has 0 bridgehead atoms. The highest BCUT2D eigenvalue weighted by atomic mass is 16.6. The first kappa shape index (κ1) is 18.4. The number of nitro groups is 1. The maximum absolute atomic E-state index is 11.9. The van der Waals surface area contributed by atoms with Crippen molar-refractivity contribution in [1.82, 2.24) is 0 Å². The maximum atomic E-state index is 11.9. The first-order valence-electron chi connectivity index (χ1n) is 8.23. The Labute approximate surface area is 147 Å². The molecule has 0 heterocycles. The number of carbonyl (C=O) groups excluding carboxylic acids is 1. The number of anilines is 1. The summed E-state index contributed by atoms with van der Waals surface area (Å²) in [5.41, 5.74) is 1.80. The van der Waals surface area contributed by atoms with Gasteiger partial charge in [-0.25, -0.2) is 0 Å². The van der Waals surface area contributed by atoms with E-state index < -0.39 is 4.92 Å². The summed E-state index contributed by atoms with van der Waals surface area (Å²) in [6, 6.07) is 13.7. The van der Waals surface area contributed by atoms with Crippen molar-refractivity contribution >= 4 is 17.3 Å². The lowest BCUT2D eigenvalue weighted by Gasteiger charge is -2.09. The summed E-state index contributed by atoms with van der Waals surface area (Å²) in [7, 11) is 0. The molecule has 6 heteroatoms. The predicted octanol–water partition coefficient (Wildman–Crippen LogP) is 4.52. The van der Waals surface area contributed by atoms with Crippen molar-refractivity contribution in [1.29, 1.82) is 0 Å². The molecule has 1 N–H and O–H groups in total. The highest BCUT2D eigenvalue weighted by molar-refractivity contribution is 5.90. The van der Waals surface area contributed by atoms with Gasteiger partial charge in [-0.15, -0.1) is 0 Å². The van der Waals surface area contributed by atoms with Gasteiger partial charge in [-0.05, 0) is 42.2 Å². The van der Waals surface area contributed by atoms with E-state index in [2.05, 4.69) is 19.2 Å². The van der Waals surface area contributed by atoms with Gasteiger partial charge in [-0.2, -0.15) is 0 Å². The van der Waals surface area contributed by atoms with Gasteiger partial charge in [0.05, 0.1) is 11.5 Å². The van der Waals surface area contributed by atoms with E-state index in [0.717, 1.165) is 5.75 Å². The summed E-state index contributed by atoms with van der Waals surface area (Å²) < 4.78 is 5.63. The molecule has 0 aromatic heterocycles. The minimum atomic E-state index is -0.476. The number of nitro benzene ring substituents is 1. The molecule has 2 aromatic carbocycles. The van der Waals surface area contributed by atoms with Crippen LogP contribution in [0.2, 0.25) is 0 Å². The van der Waals surface area contributed by atoms with Crippen LogP contribution in [-0.2, 0) is 4.79 Å². The molecule has 1 amide bonds. The third-order valence-electron chi connectivity index (χ3n) is 3.73. The van der Waals surface area contributed by atoms with Crippen LogP contribution in [-0.4, -0.2) is 17.4 Å². The van der Waals surface area contributed by atoms with Crippen LogP contribution >= 0.6 is 0 Å². The van der Waals surface area contributed by atoms with E-state index in [0.29, 0.717) is 31.1 Å². The molecule has 2 rings (SSSR count). The first-order chi connectivity index (χ1) is 12.0. The van der Waals surface area contributed by atoms with Gasteiger partial charge in [0.2, 0.25) is 5.91 Å². The van der Waals surface area contributed by atoms with Gasteiger partial charge in [0.25, 0.3) is 5.69 Å². The molecule has 0 unspecified atom stereocenters. The number of hydrogen-bond donors (Lipinski definition) is 1. The molecule has 0 radical (unpaired) electrons. The number of nitrogens with one attached hydrogen (secondary N) is 1. The van der Waals surface area contributed by atoms with Crippen LogP contribution in [0.4, 0.5) is 11.4 Å². The largest absolute Gasteiger partial charge is 0.494 e. The van der Waals surface area contributed by atoms with Gasteiger partial charge < -0.3 is 10.1 Å². The number of hydrogen-bond acceptors (Lipinski definition) is 4. The average Bonchev–Trinajstić information content (AvgIpc) is 2.59. The Morgan fingerprint density at radius 2 is 1.76 bits per heavy atom. The zero-order valence-corrected chi connectivity index (χ0v) is 14.4. The Hall–Kier alpha value is -2.89. The molecule has 132 valence electrons. The zero-order valence-electron chi connectivity index (χ0n) is 14.4. The lowest BCUT2D eigenvalue weighted by molar-refractivity contribution is -0.384. The number of amides is 1. The molecule has 0 saturated carbocycles. The van der Waals surface area contributed by atoms with E-state index in [-0.39, 0.29) is 11.6 Å². The summed E-state index contributed by atoms with van der Waals surface area (Å²) in [5, 5.41) is 13.3. The summed E-state index contributed by atoms with van der Waals surface area (Å²) in [6.45, 7) is 4.73. The number of rotatable bonds is 8. The Morgan fingerprint density at radius 1 is 1.12 bits per heavy atom. The molecule has 0 aliphatic carbocycles. The molecule has 2 aromatic rings. The Kier molecular flexibility index (Phi) is 6.51. The summed E-state index contributed by atoms with van der Waals surface area (Å²) in [4.78, 5) is 22.0. The normalized spacial score (nSPS) is 10.5. The molecule has 25 heavy (non-hydrogen) atoms. The quantitative estimate of drug-likeness (QED) is 0.434. The van der Waals surface area contributed by atoms with E-state index in [4.69, 9.17) is 4.74 Å². The molecular formula is C19H22N2O4. The van der Waals surface area contributed by atoms with Crippen LogP contribution in [0.1, 0.15) is 38.2 Å². The van der Waals surface area contributed by atoms with Gasteiger partial charge in [0.1, 0.15) is 5.75 Å². The van der Waals surface area contributed by atoms with Gasteiger partial charge >= 0.3 is 0 Å². The van der Waals surface area contributed by atoms with Crippen molar-refractivity contribution in [3.63, 3.8) is 0 Å². The monoisotopic (exact) mass is 342 g/mol. The number of non-ortho nitro benzene ring substituents is 1. The number of ether oxygens (including phenoxy) is 1. The fourth-order valence-electron chi connectivity index (χ4n) is 2.26. The average molecular weight is 342 g/mol. The summed E-state index contributed by atoms with van der Waals surface area (Å²) in [5.74, 6) is 1.13. The molecule has 0 spiro atoms. The van der Waals surface area contributed by atoms with Gasteiger partial charge in [0, 0.05) is 24.2 Å². The lowest BCUT2D eigenvalue weighted by Crippen LogP contribution is -2.12. The van der Waals surface area contributed by atoms with E-state index in [1.807, 2.05) is 24.3 Å². The smallest absolute Gasteiger partial charge is 0.269 e. The molecule has 0 saturated heterocycles. The summed E-state index contributed by atoms with van der Waals surface area (Å²) in [6.07, 6.45) is 0.909. The van der Waals surface area contributed by atoms with E-state index >= 15 is 0 Å². The van der Waals surface area contributed by atoms with Crippen LogP contribution in [0.3, 0.4) is 0 Å². The van der Waals surface area contributed by atoms with Crippen LogP contribution in [0.15, 0.2) is 48.5 Å². The van der Waals surface area contributed by atoms with Crippen LogP contribution in [0.5, 0.6) is 5.75 Å². The van der Waals surface area contributed by atoms with Crippen molar-refractivity contribution in [3.05, 3.63) is 64.2 Å². The second-order valence-corrected chi connectivity index (χ2v) is 6.03. The summed E-state index contributed by atoms with van der Waals surface area (Å²) >= 11 is 0. The van der Waals surface area contributed by atoms with Crippen molar-refractivity contribution < 1.29 is 14.5 Å². The Balaban J connectivity index is 1.70.